The van der Waals surface area contributed by atoms with Gasteiger partial charge in [0, 0.05) is 31.4 Å². The molecule has 0 saturated heterocycles. The van der Waals surface area contributed by atoms with Crippen LogP contribution >= 0.6 is 11.3 Å². The van der Waals surface area contributed by atoms with E-state index in [2.05, 4.69) is 165 Å². The predicted molar refractivity (Wildman–Crippen MR) is 189 cm³/mol. The van der Waals surface area contributed by atoms with E-state index >= 15 is 0 Å². The van der Waals surface area contributed by atoms with Crippen LogP contribution in [0.25, 0.3) is 70.5 Å². The molecular formula is C41H32N2S. The molecule has 0 aliphatic heterocycles. The number of rotatable bonds is 4. The van der Waals surface area contributed by atoms with Gasteiger partial charge in [-0.05, 0) is 81.8 Å². The summed E-state index contributed by atoms with van der Waals surface area (Å²) >= 11 is 1.87. The highest BCUT2D eigenvalue weighted by Gasteiger charge is 2.19. The normalized spacial score (nSPS) is 12.0. The Bertz CT molecular complexity index is 2300. The minimum Gasteiger partial charge on any atom is -0.292 e. The Morgan fingerprint density at radius 1 is 0.568 bits per heavy atom. The summed E-state index contributed by atoms with van der Waals surface area (Å²) in [7, 11) is 0. The number of aromatic nitrogens is 2. The van der Waals surface area contributed by atoms with Crippen LogP contribution in [0.4, 0.5) is 0 Å². The monoisotopic (exact) mass is 584 g/mol. The van der Waals surface area contributed by atoms with Crippen molar-refractivity contribution in [1.82, 2.24) is 9.55 Å². The maximum Gasteiger partial charge on any atom is 0.145 e. The molecule has 0 fully saturated rings. The Labute approximate surface area is 261 Å². The first-order valence-electron chi connectivity index (χ1n) is 15.1. The fourth-order valence-electron chi connectivity index (χ4n) is 6.27. The Morgan fingerprint density at radius 3 is 2.07 bits per heavy atom. The molecule has 0 N–H and O–H groups in total. The summed E-state index contributed by atoms with van der Waals surface area (Å²) in [5, 5.41) is 2.62. The summed E-state index contributed by atoms with van der Waals surface area (Å²) in [4.78, 5) is 5.24. The number of thiophene rings is 1. The topological polar surface area (TPSA) is 17.8 Å². The lowest BCUT2D eigenvalue weighted by Crippen LogP contribution is -2.10. The molecule has 0 unspecified atom stereocenters. The molecular weight excluding hydrogens is 553 g/mol. The average Bonchev–Trinajstić information content (AvgIpc) is 3.64. The summed E-state index contributed by atoms with van der Waals surface area (Å²) in [6.45, 7) is 6.79. The fraction of sp³-hybridized carbons (Fsp3) is 0.0976. The second kappa shape index (κ2) is 10.3. The number of fused-ring (bicyclic) bond motifs is 4. The second-order valence-electron chi connectivity index (χ2n) is 12.5. The molecule has 2 nitrogen and oxygen atoms in total. The van der Waals surface area contributed by atoms with E-state index in [9.17, 15) is 0 Å². The smallest absolute Gasteiger partial charge is 0.145 e. The van der Waals surface area contributed by atoms with Crippen LogP contribution in [0.15, 0.2) is 140 Å². The van der Waals surface area contributed by atoms with E-state index in [-0.39, 0.29) is 5.41 Å². The molecule has 8 aromatic rings. The van der Waals surface area contributed by atoms with Crippen molar-refractivity contribution in [2.24, 2.45) is 0 Å². The third-order valence-electron chi connectivity index (χ3n) is 8.57. The summed E-state index contributed by atoms with van der Waals surface area (Å²) < 4.78 is 4.92. The molecule has 212 valence electrons. The SMILES string of the molecule is CC(C)(C)c1ccc(-c2cc(-c3cccc4c3sc3ccccc34)cc(-c3nc4ccccc4n3-c3ccccc3)c2)cc1. The Kier molecular flexibility index (Phi) is 6.25. The van der Waals surface area contributed by atoms with Gasteiger partial charge < -0.3 is 0 Å². The first-order chi connectivity index (χ1) is 21.4. The van der Waals surface area contributed by atoms with Crippen LogP contribution in [-0.2, 0) is 5.41 Å². The van der Waals surface area contributed by atoms with Crippen molar-refractivity contribution in [1.29, 1.82) is 0 Å². The molecule has 8 rings (SSSR count). The molecule has 0 spiro atoms. The molecule has 0 radical (unpaired) electrons. The summed E-state index contributed by atoms with van der Waals surface area (Å²) in [5.41, 5.74) is 10.5. The molecule has 6 aromatic carbocycles. The lowest BCUT2D eigenvalue weighted by molar-refractivity contribution is 0.590. The lowest BCUT2D eigenvalue weighted by atomic mass is 9.86. The second-order valence-corrected chi connectivity index (χ2v) is 13.6. The quantitative estimate of drug-likeness (QED) is 0.201. The highest BCUT2D eigenvalue weighted by atomic mass is 32.1. The van der Waals surface area contributed by atoms with Gasteiger partial charge in [0.05, 0.1) is 11.0 Å². The standard InChI is InChI=1S/C41H32N2S/c1-41(2,3)31-22-20-27(21-23-31)28-24-29(33-15-11-16-35-34-14-7-10-19-38(34)44-39(33)35)26-30(25-28)40-42-36-17-8-9-18-37(36)43(40)32-12-5-4-6-13-32/h4-26H,1-3H3. The van der Waals surface area contributed by atoms with Crippen molar-refractivity contribution in [3.8, 4) is 39.3 Å². The zero-order valence-electron chi connectivity index (χ0n) is 25.1. The Hall–Kier alpha value is -4.99. The van der Waals surface area contributed by atoms with Gasteiger partial charge in [0.15, 0.2) is 0 Å². The highest BCUT2D eigenvalue weighted by molar-refractivity contribution is 7.26. The first kappa shape index (κ1) is 26.6. The average molecular weight is 585 g/mol. The van der Waals surface area contributed by atoms with Crippen LogP contribution < -0.4 is 0 Å². The molecule has 0 aliphatic carbocycles. The van der Waals surface area contributed by atoms with Crippen molar-refractivity contribution >= 4 is 42.5 Å². The third-order valence-corrected chi connectivity index (χ3v) is 9.79. The molecule has 3 heteroatoms. The lowest BCUT2D eigenvalue weighted by Gasteiger charge is -2.19. The molecule has 0 atom stereocenters. The first-order valence-corrected chi connectivity index (χ1v) is 16.0. The Balaban J connectivity index is 1.41. The van der Waals surface area contributed by atoms with Gasteiger partial charge in [0.25, 0.3) is 0 Å². The minimum atomic E-state index is 0.100. The number of para-hydroxylation sites is 3. The van der Waals surface area contributed by atoms with Crippen molar-refractivity contribution in [2.45, 2.75) is 26.2 Å². The van der Waals surface area contributed by atoms with Crippen LogP contribution in [0.5, 0.6) is 0 Å². The fourth-order valence-corrected chi connectivity index (χ4v) is 7.51. The number of hydrogen-bond donors (Lipinski definition) is 0. The van der Waals surface area contributed by atoms with Crippen LogP contribution in [-0.4, -0.2) is 9.55 Å². The van der Waals surface area contributed by atoms with E-state index in [4.69, 9.17) is 4.98 Å². The van der Waals surface area contributed by atoms with E-state index in [1.165, 1.54) is 48.0 Å². The molecule has 0 bridgehead atoms. The van der Waals surface area contributed by atoms with Crippen molar-refractivity contribution in [3.05, 3.63) is 145 Å². The van der Waals surface area contributed by atoms with Crippen LogP contribution in [0, 0.1) is 0 Å². The summed E-state index contributed by atoms with van der Waals surface area (Å²) in [6, 6.07) is 50.5. The van der Waals surface area contributed by atoms with Crippen molar-refractivity contribution in [2.75, 3.05) is 0 Å². The molecule has 2 heterocycles. The van der Waals surface area contributed by atoms with Crippen LogP contribution in [0.3, 0.4) is 0 Å². The number of imidazole rings is 1. The van der Waals surface area contributed by atoms with Crippen LogP contribution in [0.1, 0.15) is 26.3 Å². The molecule has 2 aromatic heterocycles. The van der Waals surface area contributed by atoms with E-state index in [0.29, 0.717) is 0 Å². The predicted octanol–water partition coefficient (Wildman–Crippen LogP) is 11.7. The van der Waals surface area contributed by atoms with Gasteiger partial charge in [0.2, 0.25) is 0 Å². The van der Waals surface area contributed by atoms with Gasteiger partial charge in [0.1, 0.15) is 5.82 Å². The van der Waals surface area contributed by atoms with Gasteiger partial charge in [-0.1, -0.05) is 112 Å². The zero-order chi connectivity index (χ0) is 29.8. The van der Waals surface area contributed by atoms with Gasteiger partial charge >= 0.3 is 0 Å². The van der Waals surface area contributed by atoms with E-state index in [1.54, 1.807) is 0 Å². The van der Waals surface area contributed by atoms with E-state index < -0.39 is 0 Å². The minimum absolute atomic E-state index is 0.100. The number of hydrogen-bond acceptors (Lipinski definition) is 2. The number of nitrogens with zero attached hydrogens (tertiary/aromatic N) is 2. The van der Waals surface area contributed by atoms with Gasteiger partial charge in [-0.15, -0.1) is 11.3 Å². The molecule has 0 aliphatic rings. The largest absolute Gasteiger partial charge is 0.292 e. The van der Waals surface area contributed by atoms with Crippen LogP contribution in [0.2, 0.25) is 0 Å². The number of benzene rings is 6. The maximum absolute atomic E-state index is 5.24. The highest BCUT2D eigenvalue weighted by Crippen LogP contribution is 2.42. The zero-order valence-corrected chi connectivity index (χ0v) is 25.9. The van der Waals surface area contributed by atoms with Crippen molar-refractivity contribution < 1.29 is 0 Å². The summed E-state index contributed by atoms with van der Waals surface area (Å²) in [5.74, 6) is 0.940. The molecule has 0 saturated carbocycles. The maximum atomic E-state index is 5.24. The third kappa shape index (κ3) is 4.52. The van der Waals surface area contributed by atoms with Gasteiger partial charge in [-0.25, -0.2) is 4.98 Å². The van der Waals surface area contributed by atoms with E-state index in [1.807, 2.05) is 11.3 Å². The van der Waals surface area contributed by atoms with Gasteiger partial charge in [-0.2, -0.15) is 0 Å². The Morgan fingerprint density at radius 2 is 1.25 bits per heavy atom. The molecule has 0 amide bonds. The summed E-state index contributed by atoms with van der Waals surface area (Å²) in [6.07, 6.45) is 0. The van der Waals surface area contributed by atoms with Gasteiger partial charge in [-0.3, -0.25) is 4.57 Å². The molecule has 44 heavy (non-hydrogen) atoms. The van der Waals surface area contributed by atoms with E-state index in [0.717, 1.165) is 28.1 Å². The van der Waals surface area contributed by atoms with Crippen molar-refractivity contribution in [3.63, 3.8) is 0 Å².